The lowest BCUT2D eigenvalue weighted by Gasteiger charge is -2.34. The molecule has 3 rings (SSSR count). The fourth-order valence-corrected chi connectivity index (χ4v) is 4.04. The average molecular weight is 314 g/mol. The third-order valence-corrected chi connectivity index (χ3v) is 5.51. The molecule has 1 saturated heterocycles. The lowest BCUT2D eigenvalue weighted by Crippen LogP contribution is -2.42. The van der Waals surface area contributed by atoms with E-state index in [0.29, 0.717) is 6.54 Å². The molecule has 1 aromatic carbocycles. The van der Waals surface area contributed by atoms with Crippen LogP contribution in [0.25, 0.3) is 0 Å². The van der Waals surface area contributed by atoms with Crippen molar-refractivity contribution in [3.8, 4) is 0 Å². The van der Waals surface area contributed by atoms with E-state index in [9.17, 15) is 4.79 Å². The van der Waals surface area contributed by atoms with E-state index in [4.69, 9.17) is 0 Å². The number of nitrogens with zero attached hydrogens (tertiary/aromatic N) is 1. The van der Waals surface area contributed by atoms with Gasteiger partial charge in [-0.05, 0) is 50.3 Å². The molecule has 0 radical (unpaired) electrons. The summed E-state index contributed by atoms with van der Waals surface area (Å²) in [6.45, 7) is 4.11. The molecular weight excluding hydrogens is 284 g/mol. The van der Waals surface area contributed by atoms with Crippen molar-refractivity contribution in [1.82, 2.24) is 10.2 Å². The average Bonchev–Trinajstić information content (AvgIpc) is 2.62. The summed E-state index contributed by atoms with van der Waals surface area (Å²) in [4.78, 5) is 14.9. The standard InChI is InChI=1S/C20H30N2O/c23-20(21-15-17-7-3-1-4-8-17)19-11-13-22(14-12-19)16-18-9-5-2-6-10-18/h1,3-4,7-8,18-19H,2,5-6,9-16H2,(H,21,23). The third kappa shape index (κ3) is 5.07. The van der Waals surface area contributed by atoms with Gasteiger partial charge in [-0.3, -0.25) is 4.79 Å². The van der Waals surface area contributed by atoms with Gasteiger partial charge in [0, 0.05) is 19.0 Å². The summed E-state index contributed by atoms with van der Waals surface area (Å²) in [5, 5.41) is 3.11. The van der Waals surface area contributed by atoms with Crippen molar-refractivity contribution >= 4 is 5.91 Å². The van der Waals surface area contributed by atoms with Crippen LogP contribution in [-0.4, -0.2) is 30.4 Å². The van der Waals surface area contributed by atoms with Crippen LogP contribution in [0.4, 0.5) is 0 Å². The first-order valence-electron chi connectivity index (χ1n) is 9.35. The van der Waals surface area contributed by atoms with Gasteiger partial charge in [-0.15, -0.1) is 0 Å². The number of benzene rings is 1. The number of piperidine rings is 1. The zero-order valence-corrected chi connectivity index (χ0v) is 14.2. The van der Waals surface area contributed by atoms with Gasteiger partial charge >= 0.3 is 0 Å². The molecule has 3 nitrogen and oxygen atoms in total. The predicted octanol–water partition coefficient (Wildman–Crippen LogP) is 3.60. The number of carbonyl (C=O) groups is 1. The van der Waals surface area contributed by atoms with Crippen LogP contribution in [0, 0.1) is 11.8 Å². The maximum atomic E-state index is 12.3. The summed E-state index contributed by atoms with van der Waals surface area (Å²) in [6.07, 6.45) is 9.14. The normalized spacial score (nSPS) is 21.2. The van der Waals surface area contributed by atoms with E-state index in [-0.39, 0.29) is 11.8 Å². The summed E-state index contributed by atoms with van der Waals surface area (Å²) < 4.78 is 0. The summed E-state index contributed by atoms with van der Waals surface area (Å²) in [5.41, 5.74) is 1.18. The molecular formula is C20H30N2O. The van der Waals surface area contributed by atoms with Crippen molar-refractivity contribution in [2.75, 3.05) is 19.6 Å². The van der Waals surface area contributed by atoms with Gasteiger partial charge in [-0.25, -0.2) is 0 Å². The van der Waals surface area contributed by atoms with Crippen molar-refractivity contribution in [2.45, 2.75) is 51.5 Å². The SMILES string of the molecule is O=C(NCc1ccccc1)C1CCN(CC2CCCCC2)CC1. The van der Waals surface area contributed by atoms with Crippen molar-refractivity contribution in [3.05, 3.63) is 35.9 Å². The number of rotatable bonds is 5. The lowest BCUT2D eigenvalue weighted by molar-refractivity contribution is -0.126. The van der Waals surface area contributed by atoms with E-state index in [0.717, 1.165) is 31.8 Å². The number of amides is 1. The van der Waals surface area contributed by atoms with E-state index in [2.05, 4.69) is 22.3 Å². The van der Waals surface area contributed by atoms with Gasteiger partial charge < -0.3 is 10.2 Å². The van der Waals surface area contributed by atoms with E-state index in [1.165, 1.54) is 44.2 Å². The van der Waals surface area contributed by atoms with Gasteiger partial charge in [-0.2, -0.15) is 0 Å². The fraction of sp³-hybridized carbons (Fsp3) is 0.650. The Kier molecular flexibility index (Phi) is 6.09. The van der Waals surface area contributed by atoms with E-state index in [1.807, 2.05) is 18.2 Å². The number of carbonyl (C=O) groups excluding carboxylic acids is 1. The molecule has 1 heterocycles. The van der Waals surface area contributed by atoms with Crippen LogP contribution >= 0.6 is 0 Å². The highest BCUT2D eigenvalue weighted by molar-refractivity contribution is 5.78. The molecule has 2 fully saturated rings. The van der Waals surface area contributed by atoms with E-state index in [1.54, 1.807) is 0 Å². The van der Waals surface area contributed by atoms with Gasteiger partial charge in [0.25, 0.3) is 0 Å². The topological polar surface area (TPSA) is 32.3 Å². The first-order chi connectivity index (χ1) is 11.3. The third-order valence-electron chi connectivity index (χ3n) is 5.51. The fourth-order valence-electron chi connectivity index (χ4n) is 4.04. The molecule has 0 spiro atoms. The second kappa shape index (κ2) is 8.49. The molecule has 23 heavy (non-hydrogen) atoms. The molecule has 0 unspecified atom stereocenters. The Labute approximate surface area is 140 Å². The highest BCUT2D eigenvalue weighted by Crippen LogP contribution is 2.26. The zero-order valence-electron chi connectivity index (χ0n) is 14.2. The van der Waals surface area contributed by atoms with Crippen LogP contribution in [-0.2, 0) is 11.3 Å². The molecule has 1 aromatic rings. The first-order valence-corrected chi connectivity index (χ1v) is 9.35. The Morgan fingerprint density at radius 3 is 2.39 bits per heavy atom. The van der Waals surface area contributed by atoms with Crippen LogP contribution in [0.2, 0.25) is 0 Å². The van der Waals surface area contributed by atoms with Crippen LogP contribution in [0.15, 0.2) is 30.3 Å². The van der Waals surface area contributed by atoms with Gasteiger partial charge in [-0.1, -0.05) is 49.6 Å². The van der Waals surface area contributed by atoms with Crippen molar-refractivity contribution < 1.29 is 4.79 Å². The maximum Gasteiger partial charge on any atom is 0.223 e. The quantitative estimate of drug-likeness (QED) is 0.900. The highest BCUT2D eigenvalue weighted by atomic mass is 16.1. The van der Waals surface area contributed by atoms with Gasteiger partial charge in [0.15, 0.2) is 0 Å². The van der Waals surface area contributed by atoms with Gasteiger partial charge in [0.1, 0.15) is 0 Å². The Hall–Kier alpha value is -1.35. The number of hydrogen-bond acceptors (Lipinski definition) is 2. The van der Waals surface area contributed by atoms with Gasteiger partial charge in [0.05, 0.1) is 0 Å². The first kappa shape index (κ1) is 16.5. The molecule has 0 aromatic heterocycles. The monoisotopic (exact) mass is 314 g/mol. The summed E-state index contributed by atoms with van der Waals surface area (Å²) in [6, 6.07) is 10.2. The van der Waals surface area contributed by atoms with Crippen molar-refractivity contribution in [1.29, 1.82) is 0 Å². The predicted molar refractivity (Wildman–Crippen MR) is 94.0 cm³/mol. The molecule has 1 amide bonds. The van der Waals surface area contributed by atoms with E-state index < -0.39 is 0 Å². The summed E-state index contributed by atoms with van der Waals surface area (Å²) >= 11 is 0. The minimum Gasteiger partial charge on any atom is -0.352 e. The molecule has 3 heteroatoms. The molecule has 1 aliphatic heterocycles. The number of likely N-dealkylation sites (tertiary alicyclic amines) is 1. The van der Waals surface area contributed by atoms with Crippen LogP contribution in [0.3, 0.4) is 0 Å². The lowest BCUT2D eigenvalue weighted by atomic mass is 9.88. The van der Waals surface area contributed by atoms with Crippen LogP contribution in [0.1, 0.15) is 50.5 Å². The smallest absolute Gasteiger partial charge is 0.223 e. The molecule has 1 aliphatic carbocycles. The maximum absolute atomic E-state index is 12.3. The Morgan fingerprint density at radius 2 is 1.70 bits per heavy atom. The Morgan fingerprint density at radius 1 is 1.00 bits per heavy atom. The largest absolute Gasteiger partial charge is 0.352 e. The van der Waals surface area contributed by atoms with Gasteiger partial charge in [0.2, 0.25) is 5.91 Å². The second-order valence-corrected chi connectivity index (χ2v) is 7.28. The molecule has 0 atom stereocenters. The highest BCUT2D eigenvalue weighted by Gasteiger charge is 2.26. The summed E-state index contributed by atoms with van der Waals surface area (Å²) in [5.74, 6) is 1.36. The molecule has 1 saturated carbocycles. The van der Waals surface area contributed by atoms with Crippen LogP contribution in [0.5, 0.6) is 0 Å². The Bertz CT molecular complexity index is 474. The summed E-state index contributed by atoms with van der Waals surface area (Å²) in [7, 11) is 0. The molecule has 1 N–H and O–H groups in total. The van der Waals surface area contributed by atoms with E-state index >= 15 is 0 Å². The number of hydrogen-bond donors (Lipinski definition) is 1. The minimum absolute atomic E-state index is 0.210. The molecule has 0 bridgehead atoms. The van der Waals surface area contributed by atoms with Crippen LogP contribution < -0.4 is 5.32 Å². The molecule has 2 aliphatic rings. The second-order valence-electron chi connectivity index (χ2n) is 7.28. The zero-order chi connectivity index (χ0) is 15.9. The molecule has 126 valence electrons. The van der Waals surface area contributed by atoms with Crippen molar-refractivity contribution in [2.24, 2.45) is 11.8 Å². The van der Waals surface area contributed by atoms with Crippen molar-refractivity contribution in [3.63, 3.8) is 0 Å². The minimum atomic E-state index is 0.210. The Balaban J connectivity index is 1.37. The number of nitrogens with one attached hydrogen (secondary N) is 1.